The molecule has 0 saturated heterocycles. The van der Waals surface area contributed by atoms with E-state index in [0.717, 1.165) is 29.5 Å². The highest BCUT2D eigenvalue weighted by Crippen LogP contribution is 2.33. The molecule has 1 aliphatic heterocycles. The van der Waals surface area contributed by atoms with Gasteiger partial charge in [0, 0.05) is 12.1 Å². The van der Waals surface area contributed by atoms with Crippen LogP contribution >= 0.6 is 11.8 Å². The van der Waals surface area contributed by atoms with Gasteiger partial charge in [-0.1, -0.05) is 0 Å². The molecule has 0 aromatic heterocycles. The van der Waals surface area contributed by atoms with Crippen LogP contribution in [0.3, 0.4) is 0 Å². The lowest BCUT2D eigenvalue weighted by Gasteiger charge is -2.18. The lowest BCUT2D eigenvalue weighted by molar-refractivity contribution is 0.354. The highest BCUT2D eigenvalue weighted by Gasteiger charge is 2.17. The fourth-order valence-electron chi connectivity index (χ4n) is 1.86. The Morgan fingerprint density at radius 2 is 1.88 bits per heavy atom. The molecule has 0 spiro atoms. The fourth-order valence-corrected chi connectivity index (χ4v) is 2.49. The first kappa shape index (κ1) is 11.3. The van der Waals surface area contributed by atoms with Crippen molar-refractivity contribution in [3.8, 4) is 11.5 Å². The zero-order valence-electron chi connectivity index (χ0n) is 9.74. The van der Waals surface area contributed by atoms with Crippen LogP contribution in [0.25, 0.3) is 0 Å². The van der Waals surface area contributed by atoms with Gasteiger partial charge in [-0.15, -0.1) is 11.8 Å². The Kier molecular flexibility index (Phi) is 3.39. The smallest absolute Gasteiger partial charge is 0.161 e. The molecule has 0 radical (unpaired) electrons. The van der Waals surface area contributed by atoms with Crippen LogP contribution in [0.1, 0.15) is 11.1 Å². The highest BCUT2D eigenvalue weighted by atomic mass is 32.2. The number of rotatable bonds is 2. The average Bonchev–Trinajstić information content (AvgIpc) is 2.36. The number of ether oxygens (including phenoxy) is 2. The molecule has 1 aliphatic rings. The molecule has 1 aromatic rings. The Morgan fingerprint density at radius 1 is 1.19 bits per heavy atom. The van der Waals surface area contributed by atoms with Crippen LogP contribution in [0.5, 0.6) is 11.5 Å². The molecule has 2 rings (SSSR count). The molecule has 1 aromatic carbocycles. The van der Waals surface area contributed by atoms with Crippen LogP contribution in [-0.2, 0) is 6.42 Å². The molecule has 1 heterocycles. The van der Waals surface area contributed by atoms with E-state index < -0.39 is 0 Å². The Morgan fingerprint density at radius 3 is 2.50 bits per heavy atom. The van der Waals surface area contributed by atoms with Gasteiger partial charge in [0.15, 0.2) is 11.5 Å². The predicted molar refractivity (Wildman–Crippen MR) is 68.2 cm³/mol. The summed E-state index contributed by atoms with van der Waals surface area (Å²) in [6.07, 6.45) is 3.02. The second-order valence-electron chi connectivity index (χ2n) is 3.51. The molecule has 0 saturated carbocycles. The van der Waals surface area contributed by atoms with Crippen LogP contribution in [-0.4, -0.2) is 32.1 Å². The fraction of sp³-hybridized carbons (Fsp3) is 0.417. The number of hydrogen-bond donors (Lipinski definition) is 0. The van der Waals surface area contributed by atoms with E-state index in [-0.39, 0.29) is 0 Å². The van der Waals surface area contributed by atoms with Gasteiger partial charge in [0.2, 0.25) is 0 Å². The van der Waals surface area contributed by atoms with Crippen molar-refractivity contribution in [3.63, 3.8) is 0 Å². The summed E-state index contributed by atoms with van der Waals surface area (Å²) in [7, 11) is 3.32. The third-order valence-electron chi connectivity index (χ3n) is 2.67. The van der Waals surface area contributed by atoms with Gasteiger partial charge in [-0.05, 0) is 30.4 Å². The first-order valence-electron chi connectivity index (χ1n) is 5.14. The number of benzene rings is 1. The number of thioether (sulfide) groups is 1. The second-order valence-corrected chi connectivity index (χ2v) is 4.30. The van der Waals surface area contributed by atoms with E-state index in [1.807, 2.05) is 12.3 Å². The lowest BCUT2D eigenvalue weighted by Crippen LogP contribution is -2.10. The van der Waals surface area contributed by atoms with E-state index in [9.17, 15) is 0 Å². The van der Waals surface area contributed by atoms with Crippen LogP contribution < -0.4 is 9.47 Å². The summed E-state index contributed by atoms with van der Waals surface area (Å²) in [5.74, 6) is 1.56. The SMILES string of the molecule is COc1cc2c(cc1OC)C(SC)=NCC2. The van der Waals surface area contributed by atoms with E-state index >= 15 is 0 Å². The molecule has 0 bridgehead atoms. The van der Waals surface area contributed by atoms with Gasteiger partial charge < -0.3 is 9.47 Å². The maximum atomic E-state index is 5.31. The van der Waals surface area contributed by atoms with Crippen molar-refractivity contribution in [2.75, 3.05) is 27.0 Å². The Labute approximate surface area is 99.9 Å². The molecule has 0 amide bonds. The molecule has 86 valence electrons. The largest absolute Gasteiger partial charge is 0.493 e. The predicted octanol–water partition coefficient (Wildman–Crippen LogP) is 2.37. The van der Waals surface area contributed by atoms with Crippen molar-refractivity contribution in [1.82, 2.24) is 0 Å². The summed E-state index contributed by atoms with van der Waals surface area (Å²) in [5, 5.41) is 1.09. The Hall–Kier alpha value is -1.16. The zero-order valence-corrected chi connectivity index (χ0v) is 10.6. The monoisotopic (exact) mass is 237 g/mol. The van der Waals surface area contributed by atoms with Crippen molar-refractivity contribution in [2.45, 2.75) is 6.42 Å². The van der Waals surface area contributed by atoms with Crippen LogP contribution in [0.2, 0.25) is 0 Å². The van der Waals surface area contributed by atoms with Gasteiger partial charge >= 0.3 is 0 Å². The molecular formula is C12H15NO2S. The number of aliphatic imine (C=N–C) groups is 1. The van der Waals surface area contributed by atoms with E-state index in [0.29, 0.717) is 0 Å². The minimum atomic E-state index is 0.768. The quantitative estimate of drug-likeness (QED) is 0.791. The van der Waals surface area contributed by atoms with Gasteiger partial charge in [-0.25, -0.2) is 0 Å². The van der Waals surface area contributed by atoms with Crippen molar-refractivity contribution in [3.05, 3.63) is 23.3 Å². The number of hydrogen-bond acceptors (Lipinski definition) is 4. The maximum absolute atomic E-state index is 5.31. The maximum Gasteiger partial charge on any atom is 0.161 e. The third-order valence-corrected chi connectivity index (χ3v) is 3.41. The lowest BCUT2D eigenvalue weighted by atomic mass is 10.0. The van der Waals surface area contributed by atoms with Gasteiger partial charge in [0.1, 0.15) is 0 Å². The summed E-state index contributed by atoms with van der Waals surface area (Å²) < 4.78 is 10.6. The molecule has 4 heteroatoms. The van der Waals surface area contributed by atoms with Crippen LogP contribution in [0, 0.1) is 0 Å². The number of methoxy groups -OCH3 is 2. The first-order chi connectivity index (χ1) is 7.80. The van der Waals surface area contributed by atoms with Gasteiger partial charge in [0.05, 0.1) is 19.3 Å². The molecule has 0 N–H and O–H groups in total. The third kappa shape index (κ3) is 1.89. The van der Waals surface area contributed by atoms with Gasteiger partial charge in [0.25, 0.3) is 0 Å². The Bertz CT molecular complexity index is 429. The van der Waals surface area contributed by atoms with Crippen LogP contribution in [0.15, 0.2) is 17.1 Å². The highest BCUT2D eigenvalue weighted by molar-refractivity contribution is 8.13. The second kappa shape index (κ2) is 4.78. The number of fused-ring (bicyclic) bond motifs is 1. The van der Waals surface area contributed by atoms with E-state index in [1.165, 1.54) is 11.1 Å². The van der Waals surface area contributed by atoms with Gasteiger partial charge in [-0.3, -0.25) is 4.99 Å². The molecule has 0 unspecified atom stereocenters. The normalized spacial score (nSPS) is 14.1. The summed E-state index contributed by atoms with van der Waals surface area (Å²) in [6.45, 7) is 0.860. The molecular weight excluding hydrogens is 222 g/mol. The molecule has 3 nitrogen and oxygen atoms in total. The van der Waals surface area contributed by atoms with Crippen molar-refractivity contribution >= 4 is 16.8 Å². The van der Waals surface area contributed by atoms with Crippen molar-refractivity contribution in [1.29, 1.82) is 0 Å². The summed E-state index contributed by atoms with van der Waals surface area (Å²) in [5.41, 5.74) is 2.47. The zero-order chi connectivity index (χ0) is 11.5. The topological polar surface area (TPSA) is 30.8 Å². The van der Waals surface area contributed by atoms with E-state index in [2.05, 4.69) is 11.1 Å². The van der Waals surface area contributed by atoms with E-state index in [4.69, 9.17) is 9.47 Å². The van der Waals surface area contributed by atoms with Crippen LogP contribution in [0.4, 0.5) is 0 Å². The van der Waals surface area contributed by atoms with Crippen molar-refractivity contribution in [2.24, 2.45) is 4.99 Å². The number of nitrogens with zero attached hydrogens (tertiary/aromatic N) is 1. The standard InChI is InChI=1S/C12H15NO2S/c1-14-10-6-8-4-5-13-12(16-3)9(8)7-11(10)15-2/h6-7H,4-5H2,1-3H3. The average molecular weight is 237 g/mol. The molecule has 16 heavy (non-hydrogen) atoms. The molecule has 0 atom stereocenters. The van der Waals surface area contributed by atoms with Gasteiger partial charge in [-0.2, -0.15) is 0 Å². The van der Waals surface area contributed by atoms with Crippen molar-refractivity contribution < 1.29 is 9.47 Å². The summed E-state index contributed by atoms with van der Waals surface area (Å²) in [4.78, 5) is 4.50. The minimum Gasteiger partial charge on any atom is -0.493 e. The molecule has 0 fully saturated rings. The van der Waals surface area contributed by atoms with E-state index in [1.54, 1.807) is 26.0 Å². The summed E-state index contributed by atoms with van der Waals surface area (Å²) >= 11 is 1.67. The summed E-state index contributed by atoms with van der Waals surface area (Å²) in [6, 6.07) is 4.07. The first-order valence-corrected chi connectivity index (χ1v) is 6.36. The Balaban J connectivity index is 2.52. The minimum absolute atomic E-state index is 0.768. The molecule has 0 aliphatic carbocycles.